The molecule has 0 bridgehead atoms. The number of carbonyl (C=O) groups excluding carboxylic acids is 1. The van der Waals surface area contributed by atoms with E-state index < -0.39 is 0 Å². The molecule has 1 saturated heterocycles. The standard InChI is InChI=1S/C21H34FN5O2.HI/c1-5-23-20(25-18-11-13-27(14-12-18)21(28)29-6-2)24-15-19(26(3)4)16-7-9-17(22)10-8-16;/h7-10,18-19H,5-6,11-15H2,1-4H3,(H2,23,24,25);1H. The minimum Gasteiger partial charge on any atom is -0.450 e. The van der Waals surface area contributed by atoms with Gasteiger partial charge in [0.05, 0.1) is 19.2 Å². The topological polar surface area (TPSA) is 69.2 Å². The van der Waals surface area contributed by atoms with Crippen LogP contribution in [0.5, 0.6) is 0 Å². The van der Waals surface area contributed by atoms with E-state index in [1.165, 1.54) is 12.1 Å². The Morgan fingerprint density at radius 2 is 1.90 bits per heavy atom. The molecule has 1 unspecified atom stereocenters. The molecule has 1 amide bonds. The quantitative estimate of drug-likeness (QED) is 0.319. The van der Waals surface area contributed by atoms with Gasteiger partial charge in [-0.15, -0.1) is 24.0 Å². The van der Waals surface area contributed by atoms with Crippen LogP contribution in [-0.4, -0.2) is 74.8 Å². The Balaban J connectivity index is 0.00000450. The van der Waals surface area contributed by atoms with E-state index in [2.05, 4.69) is 15.5 Å². The van der Waals surface area contributed by atoms with Crippen molar-refractivity contribution in [2.45, 2.75) is 38.8 Å². The Kier molecular flexibility index (Phi) is 12.0. The molecule has 1 aromatic rings. The molecule has 0 radical (unpaired) electrons. The molecule has 2 N–H and O–H groups in total. The van der Waals surface area contributed by atoms with Crippen molar-refractivity contribution in [2.24, 2.45) is 4.99 Å². The van der Waals surface area contributed by atoms with E-state index in [1.54, 1.807) is 17.0 Å². The molecular weight excluding hydrogens is 500 g/mol. The molecule has 1 fully saturated rings. The monoisotopic (exact) mass is 535 g/mol. The molecule has 7 nitrogen and oxygen atoms in total. The normalized spacial score (nSPS) is 16.1. The zero-order valence-corrected chi connectivity index (χ0v) is 20.7. The maximum absolute atomic E-state index is 13.3. The molecule has 9 heteroatoms. The first kappa shape index (κ1) is 26.4. The van der Waals surface area contributed by atoms with Gasteiger partial charge in [0.2, 0.25) is 0 Å². The molecular formula is C21H35FIN5O2. The number of hydrogen-bond acceptors (Lipinski definition) is 4. The summed E-state index contributed by atoms with van der Waals surface area (Å²) >= 11 is 0. The van der Waals surface area contributed by atoms with E-state index in [1.807, 2.05) is 27.9 Å². The largest absolute Gasteiger partial charge is 0.450 e. The highest BCUT2D eigenvalue weighted by Crippen LogP contribution is 2.19. The molecule has 2 rings (SSSR count). The van der Waals surface area contributed by atoms with Gasteiger partial charge in [-0.1, -0.05) is 12.1 Å². The fraction of sp³-hybridized carbons (Fsp3) is 0.619. The van der Waals surface area contributed by atoms with Gasteiger partial charge in [-0.25, -0.2) is 9.18 Å². The van der Waals surface area contributed by atoms with Gasteiger partial charge in [-0.2, -0.15) is 0 Å². The lowest BCUT2D eigenvalue weighted by molar-refractivity contribution is 0.0963. The van der Waals surface area contributed by atoms with Crippen molar-refractivity contribution in [3.63, 3.8) is 0 Å². The number of nitrogens with one attached hydrogen (secondary N) is 2. The van der Waals surface area contributed by atoms with Crippen molar-refractivity contribution in [1.29, 1.82) is 0 Å². The van der Waals surface area contributed by atoms with Crippen molar-refractivity contribution in [3.8, 4) is 0 Å². The molecule has 1 atom stereocenters. The summed E-state index contributed by atoms with van der Waals surface area (Å²) in [5.41, 5.74) is 1.03. The summed E-state index contributed by atoms with van der Waals surface area (Å²) < 4.78 is 18.3. The number of guanidine groups is 1. The first-order chi connectivity index (χ1) is 13.9. The minimum absolute atomic E-state index is 0. The first-order valence-electron chi connectivity index (χ1n) is 10.3. The second-order valence-electron chi connectivity index (χ2n) is 7.36. The van der Waals surface area contributed by atoms with Crippen LogP contribution >= 0.6 is 24.0 Å². The van der Waals surface area contributed by atoms with Crippen molar-refractivity contribution >= 4 is 36.0 Å². The zero-order valence-electron chi connectivity index (χ0n) is 18.4. The highest BCUT2D eigenvalue weighted by molar-refractivity contribution is 14.0. The SMILES string of the molecule is CCNC(=NCC(c1ccc(F)cc1)N(C)C)NC1CCN(C(=O)OCC)CC1.I. The fourth-order valence-electron chi connectivity index (χ4n) is 3.36. The van der Waals surface area contributed by atoms with Crippen LogP contribution in [0, 0.1) is 5.82 Å². The number of amides is 1. The predicted molar refractivity (Wildman–Crippen MR) is 129 cm³/mol. The van der Waals surface area contributed by atoms with Gasteiger partial charge in [-0.05, 0) is 58.5 Å². The van der Waals surface area contributed by atoms with Crippen LogP contribution in [0.3, 0.4) is 0 Å². The van der Waals surface area contributed by atoms with Crippen molar-refractivity contribution in [1.82, 2.24) is 20.4 Å². The number of likely N-dealkylation sites (N-methyl/N-ethyl adjacent to an activating group) is 1. The van der Waals surface area contributed by atoms with Gasteiger partial charge in [0, 0.05) is 25.7 Å². The van der Waals surface area contributed by atoms with E-state index in [4.69, 9.17) is 9.73 Å². The molecule has 170 valence electrons. The number of likely N-dealkylation sites (tertiary alicyclic amines) is 1. The van der Waals surface area contributed by atoms with Crippen LogP contribution in [0.25, 0.3) is 0 Å². The average molecular weight is 535 g/mol. The number of piperidine rings is 1. The number of halogens is 2. The molecule has 0 spiro atoms. The molecule has 30 heavy (non-hydrogen) atoms. The van der Waals surface area contributed by atoms with E-state index in [9.17, 15) is 9.18 Å². The summed E-state index contributed by atoms with van der Waals surface area (Å²) in [4.78, 5) is 20.4. The second-order valence-corrected chi connectivity index (χ2v) is 7.36. The highest BCUT2D eigenvalue weighted by atomic mass is 127. The van der Waals surface area contributed by atoms with Gasteiger partial charge in [-0.3, -0.25) is 4.99 Å². The van der Waals surface area contributed by atoms with Gasteiger partial charge >= 0.3 is 6.09 Å². The van der Waals surface area contributed by atoms with Crippen LogP contribution in [0.2, 0.25) is 0 Å². The number of benzene rings is 1. The van der Waals surface area contributed by atoms with Crippen molar-refractivity contribution in [2.75, 3.05) is 46.9 Å². The van der Waals surface area contributed by atoms with Gasteiger partial charge in [0.15, 0.2) is 5.96 Å². The summed E-state index contributed by atoms with van der Waals surface area (Å²) in [7, 11) is 3.99. The molecule has 0 saturated carbocycles. The van der Waals surface area contributed by atoms with Crippen LogP contribution in [0.4, 0.5) is 9.18 Å². The number of aliphatic imine (C=N–C) groups is 1. The molecule has 0 aliphatic carbocycles. The zero-order chi connectivity index (χ0) is 21.2. The smallest absolute Gasteiger partial charge is 0.409 e. The molecule has 1 aromatic carbocycles. The Hall–Kier alpha value is -1.62. The van der Waals surface area contributed by atoms with Crippen molar-refractivity contribution < 1.29 is 13.9 Å². The Morgan fingerprint density at radius 3 is 2.43 bits per heavy atom. The van der Waals surface area contributed by atoms with Gasteiger partial charge in [0.25, 0.3) is 0 Å². The third-order valence-corrected chi connectivity index (χ3v) is 5.01. The number of ether oxygens (including phenoxy) is 1. The van der Waals surface area contributed by atoms with Crippen LogP contribution in [-0.2, 0) is 4.74 Å². The predicted octanol–water partition coefficient (Wildman–Crippen LogP) is 3.22. The summed E-state index contributed by atoms with van der Waals surface area (Å²) in [5.74, 6) is 0.523. The Morgan fingerprint density at radius 1 is 1.27 bits per heavy atom. The lowest BCUT2D eigenvalue weighted by Gasteiger charge is -2.32. The summed E-state index contributed by atoms with van der Waals surface area (Å²) in [5, 5.41) is 6.78. The third kappa shape index (κ3) is 8.25. The maximum atomic E-state index is 13.3. The number of rotatable bonds is 7. The second kappa shape index (κ2) is 13.6. The van der Waals surface area contributed by atoms with Gasteiger partial charge < -0.3 is 25.2 Å². The Bertz CT molecular complexity index is 664. The highest BCUT2D eigenvalue weighted by Gasteiger charge is 2.24. The number of carbonyl (C=O) groups is 1. The number of hydrogen-bond donors (Lipinski definition) is 2. The lowest BCUT2D eigenvalue weighted by Crippen LogP contribution is -2.50. The summed E-state index contributed by atoms with van der Waals surface area (Å²) in [6.45, 7) is 6.90. The van der Waals surface area contributed by atoms with Crippen LogP contribution in [0.1, 0.15) is 38.3 Å². The number of nitrogens with zero attached hydrogens (tertiary/aromatic N) is 3. The molecule has 0 aromatic heterocycles. The van der Waals surface area contributed by atoms with E-state index in [0.29, 0.717) is 26.2 Å². The third-order valence-electron chi connectivity index (χ3n) is 5.01. The lowest BCUT2D eigenvalue weighted by atomic mass is 10.1. The summed E-state index contributed by atoms with van der Waals surface area (Å²) in [6, 6.07) is 6.88. The van der Waals surface area contributed by atoms with E-state index in [0.717, 1.165) is 30.9 Å². The average Bonchev–Trinajstić information content (AvgIpc) is 2.70. The summed E-state index contributed by atoms with van der Waals surface area (Å²) in [6.07, 6.45) is 1.45. The Labute approximate surface area is 196 Å². The molecule has 1 heterocycles. The van der Waals surface area contributed by atoms with Crippen molar-refractivity contribution in [3.05, 3.63) is 35.6 Å². The van der Waals surface area contributed by atoms with Gasteiger partial charge in [0.1, 0.15) is 5.82 Å². The van der Waals surface area contributed by atoms with Crippen LogP contribution < -0.4 is 10.6 Å². The first-order valence-corrected chi connectivity index (χ1v) is 10.3. The van der Waals surface area contributed by atoms with E-state index >= 15 is 0 Å². The fourth-order valence-corrected chi connectivity index (χ4v) is 3.36. The maximum Gasteiger partial charge on any atom is 0.409 e. The van der Waals surface area contributed by atoms with E-state index in [-0.39, 0.29) is 48.0 Å². The molecule has 1 aliphatic heterocycles. The minimum atomic E-state index is -0.237. The molecule has 1 aliphatic rings. The van der Waals surface area contributed by atoms with Crippen LogP contribution in [0.15, 0.2) is 29.3 Å².